The van der Waals surface area contributed by atoms with Crippen LogP contribution in [0.4, 0.5) is 5.69 Å². The topological polar surface area (TPSA) is 72.7 Å². The quantitative estimate of drug-likeness (QED) is 0.802. The molecule has 1 aliphatic rings. The summed E-state index contributed by atoms with van der Waals surface area (Å²) in [6.07, 6.45) is 7.27. The molecule has 0 bridgehead atoms. The Hall–Kier alpha value is -3.02. The average Bonchev–Trinajstić information content (AvgIpc) is 3.38. The second-order valence-electron chi connectivity index (χ2n) is 5.99. The van der Waals surface area contributed by atoms with Crippen LogP contribution in [0.2, 0.25) is 0 Å². The highest BCUT2D eigenvalue weighted by Crippen LogP contribution is 2.40. The van der Waals surface area contributed by atoms with E-state index in [2.05, 4.69) is 26.4 Å². The van der Waals surface area contributed by atoms with Gasteiger partial charge in [0.2, 0.25) is 0 Å². The predicted molar refractivity (Wildman–Crippen MR) is 90.3 cm³/mol. The van der Waals surface area contributed by atoms with Gasteiger partial charge in [0, 0.05) is 29.6 Å². The van der Waals surface area contributed by atoms with Crippen LogP contribution in [0.3, 0.4) is 0 Å². The smallest absolute Gasteiger partial charge is 0.255 e. The summed E-state index contributed by atoms with van der Waals surface area (Å²) in [5.41, 5.74) is 3.42. The molecule has 0 saturated heterocycles. The summed E-state index contributed by atoms with van der Waals surface area (Å²) in [5.74, 6) is 1.19. The molecule has 1 amide bonds. The van der Waals surface area contributed by atoms with Gasteiger partial charge in [-0.1, -0.05) is 0 Å². The number of hydrogen-bond donors (Lipinski definition) is 1. The molecule has 0 radical (unpaired) electrons. The zero-order valence-corrected chi connectivity index (χ0v) is 13.3. The first-order chi connectivity index (χ1) is 11.7. The molecule has 4 rings (SSSR count). The SMILES string of the molecule is Cc1cc(C2CC2)n(-c2ccc(NC(=O)c3ccncc3)cn2)n1. The molecule has 1 saturated carbocycles. The van der Waals surface area contributed by atoms with Crippen molar-refractivity contribution < 1.29 is 4.79 Å². The Morgan fingerprint density at radius 2 is 2.00 bits per heavy atom. The van der Waals surface area contributed by atoms with E-state index in [0.29, 0.717) is 17.2 Å². The summed E-state index contributed by atoms with van der Waals surface area (Å²) in [5, 5.41) is 7.37. The monoisotopic (exact) mass is 319 g/mol. The van der Waals surface area contributed by atoms with Gasteiger partial charge < -0.3 is 5.32 Å². The van der Waals surface area contributed by atoms with Gasteiger partial charge in [-0.2, -0.15) is 5.10 Å². The molecule has 0 aromatic carbocycles. The summed E-state index contributed by atoms with van der Waals surface area (Å²) in [6, 6.07) is 9.19. The molecule has 0 spiro atoms. The molecular formula is C18H17N5O. The van der Waals surface area contributed by atoms with Crippen molar-refractivity contribution in [2.45, 2.75) is 25.7 Å². The third-order valence-electron chi connectivity index (χ3n) is 4.02. The lowest BCUT2D eigenvalue weighted by Crippen LogP contribution is -2.12. The van der Waals surface area contributed by atoms with Crippen LogP contribution in [-0.2, 0) is 0 Å². The Morgan fingerprint density at radius 3 is 2.67 bits per heavy atom. The van der Waals surface area contributed by atoms with Crippen molar-refractivity contribution in [1.29, 1.82) is 0 Å². The molecular weight excluding hydrogens is 302 g/mol. The Labute approximate surface area is 139 Å². The largest absolute Gasteiger partial charge is 0.321 e. The minimum Gasteiger partial charge on any atom is -0.321 e. The number of nitrogens with one attached hydrogen (secondary N) is 1. The van der Waals surface area contributed by atoms with Crippen molar-refractivity contribution in [3.8, 4) is 5.82 Å². The summed E-state index contributed by atoms with van der Waals surface area (Å²) >= 11 is 0. The third kappa shape index (κ3) is 2.90. The van der Waals surface area contributed by atoms with E-state index in [4.69, 9.17) is 0 Å². The fourth-order valence-electron chi connectivity index (χ4n) is 2.66. The summed E-state index contributed by atoms with van der Waals surface area (Å²) in [4.78, 5) is 20.5. The van der Waals surface area contributed by atoms with Crippen LogP contribution in [0.15, 0.2) is 48.9 Å². The van der Waals surface area contributed by atoms with Crippen LogP contribution < -0.4 is 5.32 Å². The van der Waals surface area contributed by atoms with Gasteiger partial charge in [0.15, 0.2) is 5.82 Å². The first kappa shape index (κ1) is 14.6. The number of anilines is 1. The number of aryl methyl sites for hydroxylation is 1. The standard InChI is InChI=1S/C18H17N5O/c1-12-10-16(13-2-3-13)23(22-12)17-5-4-15(11-20-17)21-18(24)14-6-8-19-9-7-14/h4-11,13H,2-3H2,1H3,(H,21,24). The molecule has 3 heterocycles. The number of carbonyl (C=O) groups excluding carboxylic acids is 1. The number of pyridine rings is 2. The van der Waals surface area contributed by atoms with Crippen molar-refractivity contribution in [3.63, 3.8) is 0 Å². The maximum Gasteiger partial charge on any atom is 0.255 e. The number of hydrogen-bond acceptors (Lipinski definition) is 4. The van der Waals surface area contributed by atoms with Crippen LogP contribution in [-0.4, -0.2) is 25.7 Å². The van der Waals surface area contributed by atoms with Crippen LogP contribution in [0.5, 0.6) is 0 Å². The lowest BCUT2D eigenvalue weighted by Gasteiger charge is -2.08. The van der Waals surface area contributed by atoms with E-state index in [1.165, 1.54) is 18.5 Å². The van der Waals surface area contributed by atoms with Gasteiger partial charge in [-0.05, 0) is 50.1 Å². The minimum atomic E-state index is -0.180. The first-order valence-electron chi connectivity index (χ1n) is 7.95. The van der Waals surface area contributed by atoms with E-state index in [1.807, 2.05) is 23.7 Å². The lowest BCUT2D eigenvalue weighted by molar-refractivity contribution is 0.102. The summed E-state index contributed by atoms with van der Waals surface area (Å²) < 4.78 is 1.90. The second kappa shape index (κ2) is 5.88. The molecule has 6 nitrogen and oxygen atoms in total. The molecule has 0 atom stereocenters. The zero-order chi connectivity index (χ0) is 16.5. The highest BCUT2D eigenvalue weighted by Gasteiger charge is 2.28. The molecule has 0 unspecified atom stereocenters. The van der Waals surface area contributed by atoms with Crippen LogP contribution in [0.1, 0.15) is 40.5 Å². The van der Waals surface area contributed by atoms with Gasteiger partial charge in [0.05, 0.1) is 17.6 Å². The molecule has 24 heavy (non-hydrogen) atoms. The van der Waals surface area contributed by atoms with Crippen LogP contribution >= 0.6 is 0 Å². The second-order valence-corrected chi connectivity index (χ2v) is 5.99. The third-order valence-corrected chi connectivity index (χ3v) is 4.02. The molecule has 3 aromatic rings. The van der Waals surface area contributed by atoms with Gasteiger partial charge in [-0.25, -0.2) is 9.67 Å². The Kier molecular flexibility index (Phi) is 3.57. The molecule has 120 valence electrons. The number of carbonyl (C=O) groups is 1. The lowest BCUT2D eigenvalue weighted by atomic mass is 10.2. The first-order valence-corrected chi connectivity index (χ1v) is 7.95. The number of nitrogens with zero attached hydrogens (tertiary/aromatic N) is 4. The maximum atomic E-state index is 12.1. The van der Waals surface area contributed by atoms with Gasteiger partial charge in [0.25, 0.3) is 5.91 Å². The van der Waals surface area contributed by atoms with Crippen molar-refractivity contribution in [3.05, 3.63) is 65.9 Å². The fraction of sp³-hybridized carbons (Fsp3) is 0.222. The van der Waals surface area contributed by atoms with Crippen molar-refractivity contribution in [1.82, 2.24) is 19.7 Å². The molecule has 1 aliphatic carbocycles. The Balaban J connectivity index is 1.54. The zero-order valence-electron chi connectivity index (χ0n) is 13.3. The van der Waals surface area contributed by atoms with Crippen molar-refractivity contribution >= 4 is 11.6 Å². The van der Waals surface area contributed by atoms with Crippen LogP contribution in [0, 0.1) is 6.92 Å². The number of rotatable bonds is 4. The van der Waals surface area contributed by atoms with Gasteiger partial charge in [0.1, 0.15) is 0 Å². The van der Waals surface area contributed by atoms with Crippen LogP contribution in [0.25, 0.3) is 5.82 Å². The molecule has 0 aliphatic heterocycles. The molecule has 1 fully saturated rings. The average molecular weight is 319 g/mol. The minimum absolute atomic E-state index is 0.180. The summed E-state index contributed by atoms with van der Waals surface area (Å²) in [6.45, 7) is 1.99. The van der Waals surface area contributed by atoms with E-state index < -0.39 is 0 Å². The number of aromatic nitrogens is 4. The van der Waals surface area contributed by atoms with Gasteiger partial charge in [-0.3, -0.25) is 9.78 Å². The maximum absolute atomic E-state index is 12.1. The fourth-order valence-corrected chi connectivity index (χ4v) is 2.66. The molecule has 6 heteroatoms. The Morgan fingerprint density at radius 1 is 1.21 bits per heavy atom. The van der Waals surface area contributed by atoms with E-state index >= 15 is 0 Å². The van der Waals surface area contributed by atoms with Crippen molar-refractivity contribution in [2.24, 2.45) is 0 Å². The van der Waals surface area contributed by atoms with Gasteiger partial charge in [-0.15, -0.1) is 0 Å². The van der Waals surface area contributed by atoms with E-state index in [1.54, 1.807) is 30.7 Å². The van der Waals surface area contributed by atoms with E-state index in [0.717, 1.165) is 11.5 Å². The Bertz CT molecular complexity index is 866. The highest BCUT2D eigenvalue weighted by atomic mass is 16.1. The van der Waals surface area contributed by atoms with Crippen molar-refractivity contribution in [2.75, 3.05) is 5.32 Å². The van der Waals surface area contributed by atoms with E-state index in [9.17, 15) is 4.79 Å². The van der Waals surface area contributed by atoms with Gasteiger partial charge >= 0.3 is 0 Å². The number of amides is 1. The molecule has 3 aromatic heterocycles. The molecule has 1 N–H and O–H groups in total. The normalized spacial score (nSPS) is 13.7. The highest BCUT2D eigenvalue weighted by molar-refractivity contribution is 6.04. The van der Waals surface area contributed by atoms with E-state index in [-0.39, 0.29) is 5.91 Å². The predicted octanol–water partition coefficient (Wildman–Crippen LogP) is 3.10. The summed E-state index contributed by atoms with van der Waals surface area (Å²) in [7, 11) is 0.